The van der Waals surface area contributed by atoms with E-state index in [9.17, 15) is 77.0 Å². The van der Waals surface area contributed by atoms with E-state index in [1.807, 2.05) is 69.2 Å². The van der Waals surface area contributed by atoms with Gasteiger partial charge in [-0.3, -0.25) is 67.1 Å². The first kappa shape index (κ1) is 87.1. The van der Waals surface area contributed by atoms with Crippen molar-refractivity contribution in [1.29, 1.82) is 0 Å². The molecule has 0 spiro atoms. The lowest BCUT2D eigenvalue weighted by Crippen LogP contribution is -2.61. The quantitative estimate of drug-likeness (QED) is 0.0381. The fourth-order valence-corrected chi connectivity index (χ4v) is 11.5. The van der Waals surface area contributed by atoms with Crippen molar-refractivity contribution in [2.24, 2.45) is 47.2 Å². The van der Waals surface area contributed by atoms with E-state index in [2.05, 4.69) is 63.8 Å². The smallest absolute Gasteiger partial charge is 0.326 e. The Labute approximate surface area is 584 Å². The van der Waals surface area contributed by atoms with Crippen molar-refractivity contribution in [3.63, 3.8) is 0 Å². The highest BCUT2D eigenvalue weighted by atomic mass is 16.4. The van der Waals surface area contributed by atoms with Crippen molar-refractivity contribution in [1.82, 2.24) is 73.6 Å². The zero-order valence-corrected chi connectivity index (χ0v) is 62.0. The number of nitrogens with zero attached hydrogens (tertiary/aromatic N) is 2. The SMILES string of the molecule is CC(C)CC(NC(=O)C(C)NC(=O)C(CC(C)C)NC(=O)C(NC(=O)C(C)NC(=O)C1CCCN1C(=O)C(CC(C)C)NC(=O)C(CC(C)C)NC(=O)C(C)NC(=O)C(NC(=O)C(C)NC(=O)C(C)N)C(C)C)C(C)C)C(=O)NC(CC(C)C)C(=O)NC(C)C(=O)N1CCCC1C(=O)O. The number of amides is 14. The predicted molar refractivity (Wildman–Crippen MR) is 369 cm³/mol. The number of carboxylic acid groups (broad SMARTS) is 1. The number of carbonyl (C=O) groups is 15. The van der Waals surface area contributed by atoms with Gasteiger partial charge in [-0.2, -0.15) is 0 Å². The number of hydrogen-bond donors (Lipinski definition) is 14. The highest BCUT2D eigenvalue weighted by Crippen LogP contribution is 2.23. The van der Waals surface area contributed by atoms with Crippen LogP contribution in [0, 0.1) is 41.4 Å². The molecule has 2 saturated heterocycles. The molecule has 15 unspecified atom stereocenters. The van der Waals surface area contributed by atoms with E-state index in [4.69, 9.17) is 5.73 Å². The minimum absolute atomic E-state index is 0.0930. The van der Waals surface area contributed by atoms with Crippen LogP contribution in [0.15, 0.2) is 0 Å². The van der Waals surface area contributed by atoms with Crippen LogP contribution in [-0.4, -0.2) is 207 Å². The van der Waals surface area contributed by atoms with Crippen LogP contribution in [0.2, 0.25) is 0 Å². The summed E-state index contributed by atoms with van der Waals surface area (Å²) >= 11 is 0. The van der Waals surface area contributed by atoms with Gasteiger partial charge in [0.15, 0.2) is 0 Å². The Morgan fingerprint density at radius 3 is 0.960 bits per heavy atom. The van der Waals surface area contributed by atoms with Crippen LogP contribution in [0.1, 0.15) is 196 Å². The summed E-state index contributed by atoms with van der Waals surface area (Å²) in [6.45, 7) is 33.8. The Hall–Kier alpha value is -7.99. The van der Waals surface area contributed by atoms with E-state index >= 15 is 0 Å². The molecular formula is C68H119N15O16. The zero-order valence-electron chi connectivity index (χ0n) is 62.0. The lowest BCUT2D eigenvalue weighted by atomic mass is 9.99. The Kier molecular flexibility index (Phi) is 36.0. The number of aliphatic carboxylic acids is 1. The van der Waals surface area contributed by atoms with E-state index < -0.39 is 191 Å². The second-order valence-electron chi connectivity index (χ2n) is 29.6. The van der Waals surface area contributed by atoms with E-state index in [-0.39, 0.29) is 87.6 Å². The number of likely N-dealkylation sites (tertiary alicyclic amines) is 2. The van der Waals surface area contributed by atoms with Crippen molar-refractivity contribution in [3.05, 3.63) is 0 Å². The number of rotatable bonds is 39. The van der Waals surface area contributed by atoms with Crippen LogP contribution < -0.4 is 69.5 Å². The fraction of sp³-hybridized carbons (Fsp3) is 0.779. The molecular weight excluding hydrogens is 1280 g/mol. The fourth-order valence-electron chi connectivity index (χ4n) is 11.5. The molecule has 562 valence electrons. The second-order valence-corrected chi connectivity index (χ2v) is 29.6. The highest BCUT2D eigenvalue weighted by Gasteiger charge is 2.42. The minimum atomic E-state index is -1.26. The standard InChI is InChI=1S/C68H119N15O16/c1-32(2)27-45(60(90)74-44(20)66(96)83-26-22-24-51(83)68(98)99)77-61(91)47(29-34(5)6)75-55(85)40(16)71-59(89)46(28-33(3)4)78-65(95)53(38(13)14)81-58(88)43(19)72-63(93)50-23-21-25-82(50)67(97)49(31-36(9)10)79-62(92)48(30-35(7)8)76-56(86)41(17)73-64(94)52(37(11)12)80-57(87)42(18)70-54(84)39(15)69/h32-53H,21-31,69H2,1-20H3,(H,70,84)(H,71,89)(H,72,93)(H,73,94)(H,74,90)(H,75,85)(H,76,86)(H,77,91)(H,78,95)(H,79,92)(H,80,87)(H,81,88)(H,98,99). The molecule has 14 amide bonds. The molecule has 0 aromatic heterocycles. The summed E-state index contributed by atoms with van der Waals surface area (Å²) in [6.07, 6.45) is 2.02. The number of nitrogens with two attached hydrogens (primary N) is 1. The molecule has 15 atom stereocenters. The summed E-state index contributed by atoms with van der Waals surface area (Å²) in [5, 5.41) is 41.5. The maximum Gasteiger partial charge on any atom is 0.326 e. The summed E-state index contributed by atoms with van der Waals surface area (Å²) in [6, 6.07) is -17.1. The third kappa shape index (κ3) is 28.6. The Bertz CT molecular complexity index is 2830. The maximum atomic E-state index is 14.5. The summed E-state index contributed by atoms with van der Waals surface area (Å²) in [5.74, 6) is -12.5. The van der Waals surface area contributed by atoms with Gasteiger partial charge in [-0.1, -0.05) is 96.9 Å². The van der Waals surface area contributed by atoms with Gasteiger partial charge in [0, 0.05) is 13.1 Å². The second kappa shape index (κ2) is 40.9. The first-order valence-electron chi connectivity index (χ1n) is 35.1. The molecule has 0 saturated carbocycles. The third-order valence-electron chi connectivity index (χ3n) is 17.0. The van der Waals surface area contributed by atoms with Gasteiger partial charge in [0.2, 0.25) is 82.7 Å². The Morgan fingerprint density at radius 1 is 0.323 bits per heavy atom. The number of nitrogens with one attached hydrogen (secondary N) is 12. The summed E-state index contributed by atoms with van der Waals surface area (Å²) in [5.41, 5.74) is 5.61. The van der Waals surface area contributed by atoms with E-state index in [1.165, 1.54) is 51.3 Å². The molecule has 2 aliphatic heterocycles. The monoisotopic (exact) mass is 1400 g/mol. The van der Waals surface area contributed by atoms with E-state index in [0.29, 0.717) is 12.8 Å². The van der Waals surface area contributed by atoms with Crippen molar-refractivity contribution < 1.29 is 77.0 Å². The summed E-state index contributed by atoms with van der Waals surface area (Å²) < 4.78 is 0. The van der Waals surface area contributed by atoms with Gasteiger partial charge in [0.05, 0.1) is 6.04 Å². The molecule has 2 fully saturated rings. The van der Waals surface area contributed by atoms with Gasteiger partial charge in [0.25, 0.3) is 0 Å². The number of hydrogen-bond acceptors (Lipinski definition) is 16. The largest absolute Gasteiger partial charge is 0.480 e. The van der Waals surface area contributed by atoms with Crippen LogP contribution >= 0.6 is 0 Å². The molecule has 15 N–H and O–H groups in total. The normalized spacial score (nSPS) is 18.6. The molecule has 2 aliphatic rings. The molecule has 2 heterocycles. The molecule has 99 heavy (non-hydrogen) atoms. The van der Waals surface area contributed by atoms with Crippen LogP contribution in [0.4, 0.5) is 0 Å². The molecule has 2 rings (SSSR count). The topological polar surface area (TPSA) is 453 Å². The van der Waals surface area contributed by atoms with Gasteiger partial charge in [0.1, 0.15) is 84.6 Å². The van der Waals surface area contributed by atoms with Gasteiger partial charge in [-0.15, -0.1) is 0 Å². The molecule has 31 heteroatoms. The summed E-state index contributed by atoms with van der Waals surface area (Å²) in [4.78, 5) is 206. The van der Waals surface area contributed by atoms with Crippen LogP contribution in [0.3, 0.4) is 0 Å². The van der Waals surface area contributed by atoms with Gasteiger partial charge < -0.3 is 84.4 Å². The summed E-state index contributed by atoms with van der Waals surface area (Å²) in [7, 11) is 0. The van der Waals surface area contributed by atoms with Crippen molar-refractivity contribution in [2.45, 2.75) is 287 Å². The molecule has 0 bridgehead atoms. The molecule has 0 aromatic carbocycles. The lowest BCUT2D eigenvalue weighted by molar-refractivity contribution is -0.149. The van der Waals surface area contributed by atoms with E-state index in [1.54, 1.807) is 27.7 Å². The van der Waals surface area contributed by atoms with Crippen LogP contribution in [0.5, 0.6) is 0 Å². The highest BCUT2D eigenvalue weighted by molar-refractivity contribution is 6.00. The number of carboxylic acids is 1. The van der Waals surface area contributed by atoms with E-state index in [0.717, 1.165) is 0 Å². The molecule has 0 aliphatic carbocycles. The average Bonchev–Trinajstić information content (AvgIpc) is 1.75. The third-order valence-corrected chi connectivity index (χ3v) is 17.0. The van der Waals surface area contributed by atoms with Gasteiger partial charge in [-0.25, -0.2) is 4.79 Å². The zero-order chi connectivity index (χ0) is 75.8. The van der Waals surface area contributed by atoms with Crippen molar-refractivity contribution in [2.75, 3.05) is 13.1 Å². The average molecular weight is 1400 g/mol. The molecule has 0 radical (unpaired) electrons. The van der Waals surface area contributed by atoms with Crippen molar-refractivity contribution in [3.8, 4) is 0 Å². The number of carbonyl (C=O) groups excluding carboxylic acids is 14. The maximum absolute atomic E-state index is 14.5. The van der Waals surface area contributed by atoms with Crippen LogP contribution in [-0.2, 0) is 71.9 Å². The van der Waals surface area contributed by atoms with Crippen molar-refractivity contribution >= 4 is 88.7 Å². The Balaban J connectivity index is 2.21. The minimum Gasteiger partial charge on any atom is -0.480 e. The Morgan fingerprint density at radius 2 is 0.596 bits per heavy atom. The predicted octanol–water partition coefficient (Wildman–Crippen LogP) is -0.140. The lowest BCUT2D eigenvalue weighted by Gasteiger charge is -2.31. The van der Waals surface area contributed by atoms with Crippen LogP contribution in [0.25, 0.3) is 0 Å². The van der Waals surface area contributed by atoms with Gasteiger partial charge in [-0.05, 0) is 141 Å². The molecule has 31 nitrogen and oxygen atoms in total. The first-order chi connectivity index (χ1) is 45.9. The molecule has 0 aromatic rings. The first-order valence-corrected chi connectivity index (χ1v) is 35.1. The van der Waals surface area contributed by atoms with Gasteiger partial charge >= 0.3 is 5.97 Å².